The maximum Gasteiger partial charge on any atom is 0.236 e. The molecule has 0 radical (unpaired) electrons. The summed E-state index contributed by atoms with van der Waals surface area (Å²) in [6, 6.07) is 9.80. The molecule has 6 nitrogen and oxygen atoms in total. The van der Waals surface area contributed by atoms with Crippen molar-refractivity contribution in [3.63, 3.8) is 0 Å². The molecule has 2 heterocycles. The van der Waals surface area contributed by atoms with Crippen LogP contribution in [0.1, 0.15) is 5.69 Å². The largest absolute Gasteiger partial charge is 0.444 e. The molecule has 0 aliphatic carbocycles. The molecule has 1 aliphatic heterocycles. The summed E-state index contributed by atoms with van der Waals surface area (Å²) in [5.41, 5.74) is 1.79. The van der Waals surface area contributed by atoms with Crippen LogP contribution in [0.4, 0.5) is 0 Å². The lowest BCUT2D eigenvalue weighted by molar-refractivity contribution is -0.132. The van der Waals surface area contributed by atoms with Gasteiger partial charge in [0.05, 0.1) is 12.2 Å². The van der Waals surface area contributed by atoms with Crippen molar-refractivity contribution in [3.8, 4) is 11.5 Å². The Labute approximate surface area is 136 Å². The quantitative estimate of drug-likeness (QED) is 0.899. The fourth-order valence-corrected chi connectivity index (χ4v) is 2.67. The monoisotopic (exact) mass is 314 g/mol. The van der Waals surface area contributed by atoms with Crippen LogP contribution in [0.3, 0.4) is 0 Å². The normalized spacial score (nSPS) is 15.1. The first-order valence-electron chi connectivity index (χ1n) is 7.89. The molecule has 2 aromatic rings. The molecule has 0 atom stereocenters. The van der Waals surface area contributed by atoms with Crippen molar-refractivity contribution >= 4 is 5.91 Å². The standard InChI is InChI=1S/C17H22N4O2/c1-20(12-16(22)21-9-7-18-8-10-21)11-15-13-23-17(19-15)14-5-3-2-4-6-14/h2-6,13,18H,7-12H2,1H3. The molecule has 1 amide bonds. The van der Waals surface area contributed by atoms with Crippen molar-refractivity contribution in [2.24, 2.45) is 0 Å². The highest BCUT2D eigenvalue weighted by Crippen LogP contribution is 2.18. The first-order chi connectivity index (χ1) is 11.2. The number of rotatable bonds is 5. The zero-order valence-electron chi connectivity index (χ0n) is 13.4. The summed E-state index contributed by atoms with van der Waals surface area (Å²) in [6.07, 6.45) is 1.66. The van der Waals surface area contributed by atoms with Gasteiger partial charge in [-0.3, -0.25) is 9.69 Å². The number of nitrogens with zero attached hydrogens (tertiary/aromatic N) is 3. The number of piperazine rings is 1. The molecule has 1 aromatic carbocycles. The van der Waals surface area contributed by atoms with Crippen LogP contribution >= 0.6 is 0 Å². The second-order valence-electron chi connectivity index (χ2n) is 5.81. The Balaban J connectivity index is 1.54. The van der Waals surface area contributed by atoms with Crippen LogP contribution in [-0.4, -0.2) is 60.5 Å². The minimum Gasteiger partial charge on any atom is -0.444 e. The van der Waals surface area contributed by atoms with Crippen molar-refractivity contribution in [3.05, 3.63) is 42.3 Å². The summed E-state index contributed by atoms with van der Waals surface area (Å²) in [5.74, 6) is 0.781. The van der Waals surface area contributed by atoms with Gasteiger partial charge in [-0.1, -0.05) is 18.2 Å². The molecule has 1 aromatic heterocycles. The maximum atomic E-state index is 12.2. The molecular formula is C17H22N4O2. The number of nitrogens with one attached hydrogen (secondary N) is 1. The molecule has 1 saturated heterocycles. The Bertz CT molecular complexity index is 635. The number of benzene rings is 1. The molecule has 0 bridgehead atoms. The summed E-state index contributed by atoms with van der Waals surface area (Å²) in [6.45, 7) is 4.31. The Morgan fingerprint density at radius 3 is 2.78 bits per heavy atom. The van der Waals surface area contributed by atoms with Crippen LogP contribution in [0.5, 0.6) is 0 Å². The molecular weight excluding hydrogens is 292 g/mol. The van der Waals surface area contributed by atoms with Gasteiger partial charge < -0.3 is 14.6 Å². The highest BCUT2D eigenvalue weighted by atomic mass is 16.3. The van der Waals surface area contributed by atoms with Crippen molar-refractivity contribution in [2.45, 2.75) is 6.54 Å². The van der Waals surface area contributed by atoms with Crippen LogP contribution in [0.2, 0.25) is 0 Å². The number of aromatic nitrogens is 1. The fourth-order valence-electron chi connectivity index (χ4n) is 2.67. The second-order valence-corrected chi connectivity index (χ2v) is 5.81. The number of carbonyl (C=O) groups excluding carboxylic acids is 1. The highest BCUT2D eigenvalue weighted by molar-refractivity contribution is 5.78. The molecule has 1 N–H and O–H groups in total. The van der Waals surface area contributed by atoms with E-state index < -0.39 is 0 Å². The van der Waals surface area contributed by atoms with Gasteiger partial charge in [-0.05, 0) is 19.2 Å². The van der Waals surface area contributed by atoms with Crippen LogP contribution in [0.15, 0.2) is 41.0 Å². The zero-order valence-corrected chi connectivity index (χ0v) is 13.4. The maximum absolute atomic E-state index is 12.2. The summed E-state index contributed by atoms with van der Waals surface area (Å²) >= 11 is 0. The number of likely N-dealkylation sites (N-methyl/N-ethyl adjacent to an activating group) is 1. The minimum atomic E-state index is 0.167. The average Bonchev–Trinajstić information content (AvgIpc) is 3.04. The second kappa shape index (κ2) is 7.39. The fraction of sp³-hybridized carbons (Fsp3) is 0.412. The third-order valence-corrected chi connectivity index (χ3v) is 3.88. The van der Waals surface area contributed by atoms with E-state index >= 15 is 0 Å². The SMILES string of the molecule is CN(CC(=O)N1CCNCC1)Cc1coc(-c2ccccc2)n1. The summed E-state index contributed by atoms with van der Waals surface area (Å²) in [7, 11) is 1.93. The first kappa shape index (κ1) is 15.7. The van der Waals surface area contributed by atoms with E-state index in [1.165, 1.54) is 0 Å². The number of carbonyl (C=O) groups is 1. The van der Waals surface area contributed by atoms with Gasteiger partial charge in [0.2, 0.25) is 11.8 Å². The van der Waals surface area contributed by atoms with Crippen LogP contribution in [-0.2, 0) is 11.3 Å². The van der Waals surface area contributed by atoms with Crippen LogP contribution in [0, 0.1) is 0 Å². The predicted molar refractivity (Wildman–Crippen MR) is 87.7 cm³/mol. The van der Waals surface area contributed by atoms with Crippen molar-refractivity contribution in [2.75, 3.05) is 39.8 Å². The molecule has 0 unspecified atom stereocenters. The molecule has 6 heteroatoms. The van der Waals surface area contributed by atoms with E-state index in [1.807, 2.05) is 47.2 Å². The Morgan fingerprint density at radius 1 is 1.30 bits per heavy atom. The van der Waals surface area contributed by atoms with E-state index in [2.05, 4.69) is 10.3 Å². The summed E-state index contributed by atoms with van der Waals surface area (Å²) < 4.78 is 5.53. The smallest absolute Gasteiger partial charge is 0.236 e. The van der Waals surface area contributed by atoms with E-state index in [-0.39, 0.29) is 5.91 Å². The molecule has 1 fully saturated rings. The molecule has 0 spiro atoms. The van der Waals surface area contributed by atoms with Crippen molar-refractivity contribution < 1.29 is 9.21 Å². The average molecular weight is 314 g/mol. The number of oxazole rings is 1. The Morgan fingerprint density at radius 2 is 2.04 bits per heavy atom. The lowest BCUT2D eigenvalue weighted by atomic mass is 10.2. The summed E-state index contributed by atoms with van der Waals surface area (Å²) in [5, 5.41) is 3.25. The highest BCUT2D eigenvalue weighted by Gasteiger charge is 2.18. The lowest BCUT2D eigenvalue weighted by Gasteiger charge is -2.29. The van der Waals surface area contributed by atoms with Crippen LogP contribution < -0.4 is 5.32 Å². The van der Waals surface area contributed by atoms with Gasteiger partial charge in [-0.15, -0.1) is 0 Å². The van der Waals surface area contributed by atoms with Crippen LogP contribution in [0.25, 0.3) is 11.5 Å². The zero-order chi connectivity index (χ0) is 16.1. The molecule has 23 heavy (non-hydrogen) atoms. The van der Waals surface area contributed by atoms with E-state index in [0.717, 1.165) is 37.4 Å². The van der Waals surface area contributed by atoms with Gasteiger partial charge >= 0.3 is 0 Å². The number of amides is 1. The first-order valence-corrected chi connectivity index (χ1v) is 7.89. The molecule has 1 aliphatic rings. The predicted octanol–water partition coefficient (Wildman–Crippen LogP) is 1.21. The van der Waals surface area contributed by atoms with Gasteiger partial charge in [0, 0.05) is 38.3 Å². The molecule has 0 saturated carbocycles. The Kier molecular flexibility index (Phi) is 5.05. The summed E-state index contributed by atoms with van der Waals surface area (Å²) in [4.78, 5) is 20.6. The third-order valence-electron chi connectivity index (χ3n) is 3.88. The number of hydrogen-bond acceptors (Lipinski definition) is 5. The third kappa shape index (κ3) is 4.18. The van der Waals surface area contributed by atoms with E-state index in [4.69, 9.17) is 4.42 Å². The Hall–Kier alpha value is -2.18. The van der Waals surface area contributed by atoms with Crippen molar-refractivity contribution in [1.29, 1.82) is 0 Å². The van der Waals surface area contributed by atoms with E-state index in [1.54, 1.807) is 6.26 Å². The van der Waals surface area contributed by atoms with E-state index in [9.17, 15) is 4.79 Å². The van der Waals surface area contributed by atoms with Gasteiger partial charge in [-0.2, -0.15) is 0 Å². The van der Waals surface area contributed by atoms with Gasteiger partial charge in [-0.25, -0.2) is 4.98 Å². The minimum absolute atomic E-state index is 0.167. The van der Waals surface area contributed by atoms with E-state index in [0.29, 0.717) is 19.0 Å². The molecule has 3 rings (SSSR count). The van der Waals surface area contributed by atoms with Gasteiger partial charge in [0.1, 0.15) is 6.26 Å². The lowest BCUT2D eigenvalue weighted by Crippen LogP contribution is -2.49. The van der Waals surface area contributed by atoms with Crippen molar-refractivity contribution in [1.82, 2.24) is 20.1 Å². The number of hydrogen-bond donors (Lipinski definition) is 1. The van der Waals surface area contributed by atoms with Gasteiger partial charge in [0.15, 0.2) is 0 Å². The topological polar surface area (TPSA) is 61.6 Å². The molecule has 122 valence electrons. The van der Waals surface area contributed by atoms with Gasteiger partial charge in [0.25, 0.3) is 0 Å².